The fourth-order valence-electron chi connectivity index (χ4n) is 3.42. The van der Waals surface area contributed by atoms with E-state index in [2.05, 4.69) is 25.5 Å². The van der Waals surface area contributed by atoms with Gasteiger partial charge in [0.15, 0.2) is 17.5 Å². The van der Waals surface area contributed by atoms with Gasteiger partial charge >= 0.3 is 0 Å². The highest BCUT2D eigenvalue weighted by Gasteiger charge is 2.27. The van der Waals surface area contributed by atoms with Gasteiger partial charge in [0.05, 0.1) is 10.6 Å². The number of hydrogen-bond acceptors (Lipinski definition) is 7. The lowest BCUT2D eigenvalue weighted by molar-refractivity contribution is 0.500. The second kappa shape index (κ2) is 7.01. The first-order chi connectivity index (χ1) is 14.9. The molecule has 31 heavy (non-hydrogen) atoms. The molecule has 0 radical (unpaired) electrons. The molecule has 0 spiro atoms. The van der Waals surface area contributed by atoms with E-state index in [1.165, 1.54) is 16.4 Å². The normalized spacial score (nSPS) is 15.1. The Labute approximate surface area is 176 Å². The first kappa shape index (κ1) is 19.4. The van der Waals surface area contributed by atoms with Crippen LogP contribution in [0.3, 0.4) is 0 Å². The van der Waals surface area contributed by atoms with Crippen LogP contribution in [0.25, 0.3) is 17.0 Å². The number of nitrogens with one attached hydrogen (secondary N) is 2. The van der Waals surface area contributed by atoms with Crippen molar-refractivity contribution in [3.05, 3.63) is 65.2 Å². The summed E-state index contributed by atoms with van der Waals surface area (Å²) in [5.41, 5.74) is 1.04. The number of aromatic amines is 1. The minimum absolute atomic E-state index is 0.100. The smallest absolute Gasteiger partial charge is 0.237 e. The van der Waals surface area contributed by atoms with E-state index < -0.39 is 22.2 Å². The maximum Gasteiger partial charge on any atom is 0.237 e. The standard InChI is InChI=1S/C20H16F2N6O2S/c1-23-16-6-8-24-20(25-16)28(12-3-2-11-7-9-31(29,30)15(11)10-12)19-13-4-5-14(21)17(22)18(13)26-27-19/h2-10,29-30H,1H3,(H,26,27)(H,23,24,25). The summed E-state index contributed by atoms with van der Waals surface area (Å²) >= 11 is 0. The molecule has 4 N–H and O–H groups in total. The molecule has 4 aromatic rings. The van der Waals surface area contributed by atoms with Crippen LogP contribution in [0.4, 0.5) is 32.1 Å². The van der Waals surface area contributed by atoms with Crippen LogP contribution >= 0.6 is 10.6 Å². The molecule has 0 fully saturated rings. The van der Waals surface area contributed by atoms with E-state index in [0.29, 0.717) is 27.4 Å². The minimum atomic E-state index is -3.08. The molecule has 8 nitrogen and oxygen atoms in total. The van der Waals surface area contributed by atoms with Gasteiger partial charge in [-0.05, 0) is 42.0 Å². The third-order valence-corrected chi connectivity index (χ3v) is 6.45. The van der Waals surface area contributed by atoms with Gasteiger partial charge in [0.2, 0.25) is 5.95 Å². The summed E-state index contributed by atoms with van der Waals surface area (Å²) in [6.45, 7) is 0. The molecule has 3 heterocycles. The van der Waals surface area contributed by atoms with Crippen molar-refractivity contribution in [2.45, 2.75) is 4.90 Å². The molecule has 0 saturated carbocycles. The van der Waals surface area contributed by atoms with E-state index in [1.807, 2.05) is 0 Å². The third kappa shape index (κ3) is 3.10. The fourth-order valence-corrected chi connectivity index (χ4v) is 4.68. The van der Waals surface area contributed by atoms with Crippen molar-refractivity contribution in [1.29, 1.82) is 0 Å². The van der Waals surface area contributed by atoms with Crippen LogP contribution in [-0.2, 0) is 0 Å². The van der Waals surface area contributed by atoms with E-state index in [4.69, 9.17) is 0 Å². The van der Waals surface area contributed by atoms with Gasteiger partial charge in [0, 0.05) is 24.0 Å². The van der Waals surface area contributed by atoms with Crippen molar-refractivity contribution in [2.75, 3.05) is 17.3 Å². The Morgan fingerprint density at radius 2 is 1.97 bits per heavy atom. The molecular weight excluding hydrogens is 426 g/mol. The fraction of sp³-hybridized carbons (Fsp3) is 0.0500. The average Bonchev–Trinajstić information content (AvgIpc) is 3.33. The van der Waals surface area contributed by atoms with E-state index >= 15 is 0 Å². The lowest BCUT2D eigenvalue weighted by atomic mass is 10.1. The van der Waals surface area contributed by atoms with Crippen molar-refractivity contribution < 1.29 is 17.9 Å². The summed E-state index contributed by atoms with van der Waals surface area (Å²) in [5.74, 6) is -1.09. The summed E-state index contributed by atoms with van der Waals surface area (Å²) in [7, 11) is -1.38. The number of halogens is 2. The molecule has 0 unspecified atom stereocenters. The van der Waals surface area contributed by atoms with Crippen LogP contribution in [0.2, 0.25) is 0 Å². The summed E-state index contributed by atoms with van der Waals surface area (Å²) < 4.78 is 48.7. The number of benzene rings is 2. The molecule has 0 saturated heterocycles. The van der Waals surface area contributed by atoms with Crippen LogP contribution in [0.15, 0.2) is 52.9 Å². The number of anilines is 4. The van der Waals surface area contributed by atoms with Crippen molar-refractivity contribution in [3.8, 4) is 0 Å². The zero-order valence-electron chi connectivity index (χ0n) is 16.0. The molecular formula is C20H16F2N6O2S. The Bertz CT molecular complexity index is 1360. The second-order valence-corrected chi connectivity index (χ2v) is 8.67. The highest BCUT2D eigenvalue weighted by atomic mass is 32.3. The first-order valence-corrected chi connectivity index (χ1v) is 10.7. The highest BCUT2D eigenvalue weighted by Crippen LogP contribution is 2.57. The van der Waals surface area contributed by atoms with Crippen molar-refractivity contribution in [1.82, 2.24) is 20.2 Å². The molecule has 0 aliphatic carbocycles. The zero-order valence-corrected chi connectivity index (χ0v) is 16.9. The predicted octanol–water partition coefficient (Wildman–Crippen LogP) is 5.24. The van der Waals surface area contributed by atoms with Gasteiger partial charge in [-0.3, -0.25) is 19.1 Å². The second-order valence-electron chi connectivity index (χ2n) is 6.78. The third-order valence-electron chi connectivity index (χ3n) is 4.94. The number of rotatable bonds is 4. The van der Waals surface area contributed by atoms with Crippen molar-refractivity contribution in [2.24, 2.45) is 0 Å². The molecule has 11 heteroatoms. The molecule has 5 rings (SSSR count). The number of H-pyrrole nitrogens is 1. The summed E-state index contributed by atoms with van der Waals surface area (Å²) in [5, 5.41) is 11.3. The molecule has 158 valence electrons. The number of nitrogens with zero attached hydrogens (tertiary/aromatic N) is 4. The maximum atomic E-state index is 14.3. The Morgan fingerprint density at radius 3 is 2.77 bits per heavy atom. The van der Waals surface area contributed by atoms with Gasteiger partial charge in [0.25, 0.3) is 0 Å². The predicted molar refractivity (Wildman–Crippen MR) is 116 cm³/mol. The summed E-state index contributed by atoms with van der Waals surface area (Å²) in [6, 6.07) is 9.16. The van der Waals surface area contributed by atoms with E-state index in [0.717, 1.165) is 6.07 Å². The molecule has 2 aromatic carbocycles. The molecule has 2 aromatic heterocycles. The number of fused-ring (bicyclic) bond motifs is 2. The number of aromatic nitrogens is 4. The Balaban J connectivity index is 1.75. The highest BCUT2D eigenvalue weighted by molar-refractivity contribution is 8.27. The largest absolute Gasteiger partial charge is 0.373 e. The SMILES string of the molecule is CNc1ccnc(N(c2ccc3c(c2)S(O)(O)C=C3)c2n[nH]c3c(F)c(F)ccc23)n1. The van der Waals surface area contributed by atoms with Gasteiger partial charge in [0.1, 0.15) is 11.3 Å². The Morgan fingerprint density at radius 1 is 1.13 bits per heavy atom. The number of hydrogen-bond donors (Lipinski definition) is 4. The summed E-state index contributed by atoms with van der Waals surface area (Å²) in [6.07, 6.45) is 3.18. The quantitative estimate of drug-likeness (QED) is 0.342. The zero-order chi connectivity index (χ0) is 21.8. The van der Waals surface area contributed by atoms with Crippen molar-refractivity contribution >= 4 is 50.8 Å². The van der Waals surface area contributed by atoms with E-state index in [1.54, 1.807) is 43.6 Å². The molecule has 1 aliphatic heterocycles. The van der Waals surface area contributed by atoms with E-state index in [-0.39, 0.29) is 17.3 Å². The molecule has 0 bridgehead atoms. The Hall–Kier alpha value is -3.54. The topological polar surface area (TPSA) is 110 Å². The van der Waals surface area contributed by atoms with Gasteiger partial charge in [-0.1, -0.05) is 6.07 Å². The minimum Gasteiger partial charge on any atom is -0.373 e. The van der Waals surface area contributed by atoms with E-state index in [9.17, 15) is 17.9 Å². The maximum absolute atomic E-state index is 14.3. The van der Waals surface area contributed by atoms with Crippen LogP contribution < -0.4 is 10.2 Å². The lowest BCUT2D eigenvalue weighted by Gasteiger charge is -2.27. The van der Waals surface area contributed by atoms with Gasteiger partial charge < -0.3 is 5.32 Å². The summed E-state index contributed by atoms with van der Waals surface area (Å²) in [4.78, 5) is 10.6. The first-order valence-electron chi connectivity index (χ1n) is 9.12. The van der Waals surface area contributed by atoms with Gasteiger partial charge in [-0.25, -0.2) is 13.8 Å². The van der Waals surface area contributed by atoms with Gasteiger partial charge in [-0.15, -0.1) is 10.6 Å². The lowest BCUT2D eigenvalue weighted by Crippen LogP contribution is -2.15. The van der Waals surface area contributed by atoms with Crippen LogP contribution in [0, 0.1) is 11.6 Å². The molecule has 1 aliphatic rings. The average molecular weight is 442 g/mol. The van der Waals surface area contributed by atoms with Crippen LogP contribution in [-0.4, -0.2) is 36.3 Å². The van der Waals surface area contributed by atoms with Crippen LogP contribution in [0.5, 0.6) is 0 Å². The monoisotopic (exact) mass is 442 g/mol. The molecule has 0 amide bonds. The van der Waals surface area contributed by atoms with Crippen molar-refractivity contribution in [3.63, 3.8) is 0 Å². The van der Waals surface area contributed by atoms with Crippen LogP contribution in [0.1, 0.15) is 5.56 Å². The van der Waals surface area contributed by atoms with Gasteiger partial charge in [-0.2, -0.15) is 10.1 Å². The molecule has 0 atom stereocenters. The Kier molecular flexibility index (Phi) is 4.39.